The maximum absolute atomic E-state index is 14.6. The summed E-state index contributed by atoms with van der Waals surface area (Å²) >= 11 is 12.4. The average molecular weight is 488 g/mol. The molecule has 170 valence electrons. The second-order valence-electron chi connectivity index (χ2n) is 8.14. The van der Waals surface area contributed by atoms with Gasteiger partial charge >= 0.3 is 0 Å². The molecule has 0 aliphatic carbocycles. The van der Waals surface area contributed by atoms with Crippen LogP contribution in [-0.4, -0.2) is 42.8 Å². The summed E-state index contributed by atoms with van der Waals surface area (Å²) in [7, 11) is 0. The minimum absolute atomic E-state index is 0.0332. The third-order valence-electron chi connectivity index (χ3n) is 6.13. The lowest BCUT2D eigenvalue weighted by molar-refractivity contribution is 0.0689. The fourth-order valence-electron chi connectivity index (χ4n) is 4.40. The summed E-state index contributed by atoms with van der Waals surface area (Å²) in [4.78, 5) is 33.7. The monoisotopic (exact) mass is 487 g/mol. The molecule has 10 heteroatoms. The predicted molar refractivity (Wildman–Crippen MR) is 124 cm³/mol. The first-order valence-electron chi connectivity index (χ1n) is 10.5. The molecule has 5 rings (SSSR count). The summed E-state index contributed by atoms with van der Waals surface area (Å²) in [5.74, 6) is -0.888. The largest absolute Gasteiger partial charge is 0.338 e. The summed E-state index contributed by atoms with van der Waals surface area (Å²) in [5.41, 5.74) is 1.41. The molecule has 1 aromatic carbocycles. The molecule has 4 aromatic rings. The molecule has 0 radical (unpaired) electrons. The van der Waals surface area contributed by atoms with Gasteiger partial charge in [0.05, 0.1) is 16.9 Å². The summed E-state index contributed by atoms with van der Waals surface area (Å²) in [6.07, 6.45) is 8.87. The zero-order valence-electron chi connectivity index (χ0n) is 17.5. The molecule has 7 nitrogen and oxygen atoms in total. The van der Waals surface area contributed by atoms with Gasteiger partial charge in [-0.2, -0.15) is 0 Å². The molecule has 0 saturated carbocycles. The SMILES string of the molecule is O=C(c1cc(Cc2c[nH]c(=O)c3cc(Cl)c(Cl)n23)ccc1F)N1CCC(n2ccnc2)CC1. The first-order chi connectivity index (χ1) is 15.9. The zero-order valence-corrected chi connectivity index (χ0v) is 19.0. The molecule has 1 saturated heterocycles. The standard InChI is InChI=1S/C23H20Cl2FN5O2/c24-18-11-20-22(32)28-12-16(31(20)21(18)25)9-14-1-2-19(26)17(10-14)23(33)29-6-3-15(4-7-29)30-8-5-27-13-30/h1-2,5,8,10-13,15H,3-4,6-7,9H2,(H,28,32). The molecule has 0 atom stereocenters. The molecule has 1 N–H and O–H groups in total. The smallest absolute Gasteiger partial charge is 0.272 e. The number of fused-ring (bicyclic) bond motifs is 1. The topological polar surface area (TPSA) is 75.4 Å². The number of likely N-dealkylation sites (tertiary alicyclic amines) is 1. The first-order valence-corrected chi connectivity index (χ1v) is 11.3. The highest BCUT2D eigenvalue weighted by molar-refractivity contribution is 6.42. The summed E-state index contributed by atoms with van der Waals surface area (Å²) in [6.45, 7) is 1.09. The number of benzene rings is 1. The number of aromatic amines is 1. The molecule has 4 heterocycles. The molecule has 0 spiro atoms. The molecule has 0 bridgehead atoms. The van der Waals surface area contributed by atoms with Crippen LogP contribution in [0.3, 0.4) is 0 Å². The van der Waals surface area contributed by atoms with Crippen LogP contribution in [0.2, 0.25) is 10.2 Å². The van der Waals surface area contributed by atoms with Gasteiger partial charge in [-0.1, -0.05) is 29.3 Å². The number of aromatic nitrogens is 4. The Hall–Kier alpha value is -3.10. The quantitative estimate of drug-likeness (QED) is 0.465. The lowest BCUT2D eigenvalue weighted by Gasteiger charge is -2.32. The highest BCUT2D eigenvalue weighted by Crippen LogP contribution is 2.28. The van der Waals surface area contributed by atoms with Crippen LogP contribution in [-0.2, 0) is 6.42 Å². The van der Waals surface area contributed by atoms with Gasteiger partial charge in [-0.05, 0) is 36.6 Å². The number of imidazole rings is 1. The summed E-state index contributed by atoms with van der Waals surface area (Å²) in [6, 6.07) is 6.27. The Morgan fingerprint density at radius 3 is 2.73 bits per heavy atom. The summed E-state index contributed by atoms with van der Waals surface area (Å²) in [5, 5.41) is 0.496. The molecule has 1 fully saturated rings. The number of H-pyrrole nitrogens is 1. The van der Waals surface area contributed by atoms with E-state index in [1.54, 1.807) is 40.2 Å². The van der Waals surface area contributed by atoms with Crippen LogP contribution in [0, 0.1) is 5.82 Å². The lowest BCUT2D eigenvalue weighted by Crippen LogP contribution is -2.39. The van der Waals surface area contributed by atoms with Crippen LogP contribution in [0.25, 0.3) is 5.52 Å². The molecule has 1 aliphatic rings. The number of halogens is 3. The Bertz CT molecular complexity index is 1390. The Balaban J connectivity index is 1.38. The molecular weight excluding hydrogens is 468 g/mol. The molecule has 0 unspecified atom stereocenters. The second-order valence-corrected chi connectivity index (χ2v) is 8.90. The zero-order chi connectivity index (χ0) is 23.1. The normalized spacial score (nSPS) is 14.8. The van der Waals surface area contributed by atoms with E-state index in [0.717, 1.165) is 12.8 Å². The molecular formula is C23H20Cl2FN5O2. The van der Waals surface area contributed by atoms with Crippen LogP contribution in [0.15, 0.2) is 54.0 Å². The van der Waals surface area contributed by atoms with E-state index in [2.05, 4.69) is 9.97 Å². The van der Waals surface area contributed by atoms with Crippen molar-refractivity contribution in [3.63, 3.8) is 0 Å². The number of hydrogen-bond donors (Lipinski definition) is 1. The van der Waals surface area contributed by atoms with Crippen LogP contribution in [0.5, 0.6) is 0 Å². The second kappa shape index (κ2) is 8.68. The van der Waals surface area contributed by atoms with E-state index in [1.165, 1.54) is 12.1 Å². The number of nitrogens with zero attached hydrogens (tertiary/aromatic N) is 4. The van der Waals surface area contributed by atoms with Gasteiger partial charge in [0, 0.05) is 49.8 Å². The van der Waals surface area contributed by atoms with Crippen molar-refractivity contribution in [3.8, 4) is 0 Å². The van der Waals surface area contributed by atoms with Crippen LogP contribution in [0.1, 0.15) is 40.5 Å². The molecule has 1 aliphatic heterocycles. The molecule has 33 heavy (non-hydrogen) atoms. The number of carbonyl (C=O) groups is 1. The fourth-order valence-corrected chi connectivity index (χ4v) is 4.84. The van der Waals surface area contributed by atoms with Crippen LogP contribution < -0.4 is 5.56 Å². The number of nitrogens with one attached hydrogen (secondary N) is 1. The maximum atomic E-state index is 14.6. The minimum atomic E-state index is -0.561. The van der Waals surface area contributed by atoms with E-state index in [1.807, 2.05) is 10.8 Å². The number of hydrogen-bond acceptors (Lipinski definition) is 3. The van der Waals surface area contributed by atoms with Crippen molar-refractivity contribution in [1.82, 2.24) is 23.8 Å². The van der Waals surface area contributed by atoms with Gasteiger partial charge < -0.3 is 14.5 Å². The van der Waals surface area contributed by atoms with Crippen molar-refractivity contribution < 1.29 is 9.18 Å². The van der Waals surface area contributed by atoms with E-state index in [0.29, 0.717) is 36.3 Å². The van der Waals surface area contributed by atoms with Crippen molar-refractivity contribution in [1.29, 1.82) is 0 Å². The van der Waals surface area contributed by atoms with Crippen molar-refractivity contribution in [2.75, 3.05) is 13.1 Å². The number of piperidine rings is 1. The van der Waals surface area contributed by atoms with Gasteiger partial charge in [-0.25, -0.2) is 9.37 Å². The van der Waals surface area contributed by atoms with E-state index < -0.39 is 5.82 Å². The van der Waals surface area contributed by atoms with Gasteiger partial charge in [0.2, 0.25) is 0 Å². The molecule has 1 amide bonds. The van der Waals surface area contributed by atoms with E-state index >= 15 is 0 Å². The number of carbonyl (C=O) groups excluding carboxylic acids is 1. The highest BCUT2D eigenvalue weighted by Gasteiger charge is 2.26. The van der Waals surface area contributed by atoms with Crippen molar-refractivity contribution in [3.05, 3.63) is 92.4 Å². The Morgan fingerprint density at radius 2 is 2.00 bits per heavy atom. The van der Waals surface area contributed by atoms with Crippen molar-refractivity contribution in [2.24, 2.45) is 0 Å². The molecule has 3 aromatic heterocycles. The third kappa shape index (κ3) is 4.05. The van der Waals surface area contributed by atoms with Gasteiger partial charge in [0.1, 0.15) is 16.5 Å². The minimum Gasteiger partial charge on any atom is -0.338 e. The number of amides is 1. The first kappa shape index (κ1) is 21.7. The van der Waals surface area contributed by atoms with E-state index in [4.69, 9.17) is 23.2 Å². The van der Waals surface area contributed by atoms with Crippen molar-refractivity contribution in [2.45, 2.75) is 25.3 Å². The highest BCUT2D eigenvalue weighted by atomic mass is 35.5. The average Bonchev–Trinajstić information content (AvgIpc) is 3.46. The van der Waals surface area contributed by atoms with Crippen LogP contribution >= 0.6 is 23.2 Å². The van der Waals surface area contributed by atoms with E-state index in [-0.39, 0.29) is 33.2 Å². The van der Waals surface area contributed by atoms with Gasteiger partial charge in [-0.3, -0.25) is 14.0 Å². The lowest BCUT2D eigenvalue weighted by atomic mass is 10.0. The Morgan fingerprint density at radius 1 is 1.21 bits per heavy atom. The summed E-state index contributed by atoms with van der Waals surface area (Å²) < 4.78 is 18.2. The fraction of sp³-hybridized carbons (Fsp3) is 0.261. The van der Waals surface area contributed by atoms with Crippen molar-refractivity contribution >= 4 is 34.6 Å². The third-order valence-corrected chi connectivity index (χ3v) is 6.89. The number of rotatable bonds is 4. The van der Waals surface area contributed by atoms with Crippen LogP contribution in [0.4, 0.5) is 4.39 Å². The Labute approximate surface area is 198 Å². The van der Waals surface area contributed by atoms with Gasteiger partial charge in [-0.15, -0.1) is 0 Å². The van der Waals surface area contributed by atoms with Gasteiger partial charge in [0.25, 0.3) is 11.5 Å². The van der Waals surface area contributed by atoms with E-state index in [9.17, 15) is 14.0 Å². The Kier molecular flexibility index (Phi) is 5.72. The van der Waals surface area contributed by atoms with Gasteiger partial charge in [0.15, 0.2) is 0 Å². The maximum Gasteiger partial charge on any atom is 0.272 e. The predicted octanol–water partition coefficient (Wildman–Crippen LogP) is 4.34.